The number of rotatable bonds is 3. The number of amides is 1. The van der Waals surface area contributed by atoms with E-state index >= 15 is 0 Å². The SMILES string of the molecule is O=C(NCC1CCCCS1)c1ccc2cc(Br)ccc2c1. The van der Waals surface area contributed by atoms with Crippen molar-refractivity contribution >= 4 is 44.4 Å². The highest BCUT2D eigenvalue weighted by atomic mass is 79.9. The summed E-state index contributed by atoms with van der Waals surface area (Å²) in [6.45, 7) is 0.780. The molecule has 1 aliphatic rings. The molecule has 2 aromatic carbocycles. The first kappa shape index (κ1) is 14.9. The molecule has 21 heavy (non-hydrogen) atoms. The van der Waals surface area contributed by atoms with Gasteiger partial charge in [0.15, 0.2) is 0 Å². The Labute approximate surface area is 137 Å². The van der Waals surface area contributed by atoms with Crippen LogP contribution in [0.25, 0.3) is 10.8 Å². The highest BCUT2D eigenvalue weighted by Crippen LogP contribution is 2.24. The molecule has 0 aliphatic carbocycles. The summed E-state index contributed by atoms with van der Waals surface area (Å²) in [5.41, 5.74) is 0.741. The lowest BCUT2D eigenvalue weighted by atomic mass is 10.1. The smallest absolute Gasteiger partial charge is 0.251 e. The Morgan fingerprint density at radius 1 is 1.19 bits per heavy atom. The average Bonchev–Trinajstić information content (AvgIpc) is 2.53. The van der Waals surface area contributed by atoms with Crippen LogP contribution in [0.2, 0.25) is 0 Å². The van der Waals surface area contributed by atoms with Gasteiger partial charge in [-0.05, 0) is 53.6 Å². The molecule has 3 rings (SSSR count). The van der Waals surface area contributed by atoms with Crippen LogP contribution in [0.15, 0.2) is 40.9 Å². The van der Waals surface area contributed by atoms with Gasteiger partial charge in [0.1, 0.15) is 0 Å². The van der Waals surface area contributed by atoms with E-state index in [1.54, 1.807) is 0 Å². The van der Waals surface area contributed by atoms with Crippen molar-refractivity contribution in [3.8, 4) is 0 Å². The molecule has 0 aromatic heterocycles. The Morgan fingerprint density at radius 3 is 2.81 bits per heavy atom. The van der Waals surface area contributed by atoms with Gasteiger partial charge < -0.3 is 5.32 Å². The van der Waals surface area contributed by atoms with Gasteiger partial charge in [-0.25, -0.2) is 0 Å². The number of carbonyl (C=O) groups is 1. The van der Waals surface area contributed by atoms with Crippen molar-refractivity contribution in [2.75, 3.05) is 12.3 Å². The number of thioether (sulfide) groups is 1. The molecule has 1 atom stereocenters. The second-order valence-electron chi connectivity index (χ2n) is 5.40. The Kier molecular flexibility index (Phi) is 4.86. The summed E-state index contributed by atoms with van der Waals surface area (Å²) in [4.78, 5) is 12.3. The lowest BCUT2D eigenvalue weighted by molar-refractivity contribution is 0.0953. The van der Waals surface area contributed by atoms with Crippen molar-refractivity contribution in [1.82, 2.24) is 5.32 Å². The predicted molar refractivity (Wildman–Crippen MR) is 94.1 cm³/mol. The number of halogens is 1. The van der Waals surface area contributed by atoms with Crippen molar-refractivity contribution in [3.63, 3.8) is 0 Å². The minimum atomic E-state index is 0.0333. The first-order valence-corrected chi connectivity index (χ1v) is 9.16. The first-order chi connectivity index (χ1) is 10.2. The molecule has 1 heterocycles. The summed E-state index contributed by atoms with van der Waals surface area (Å²) in [5, 5.41) is 5.90. The van der Waals surface area contributed by atoms with Gasteiger partial charge in [-0.1, -0.05) is 34.5 Å². The minimum absolute atomic E-state index is 0.0333. The molecule has 110 valence electrons. The maximum atomic E-state index is 12.3. The van der Waals surface area contributed by atoms with Crippen molar-refractivity contribution < 1.29 is 4.79 Å². The van der Waals surface area contributed by atoms with Crippen LogP contribution in [-0.4, -0.2) is 23.5 Å². The summed E-state index contributed by atoms with van der Waals surface area (Å²) < 4.78 is 1.06. The van der Waals surface area contributed by atoms with Crippen molar-refractivity contribution in [2.45, 2.75) is 24.5 Å². The molecule has 2 nitrogen and oxygen atoms in total. The van der Waals surface area contributed by atoms with E-state index in [-0.39, 0.29) is 5.91 Å². The van der Waals surface area contributed by atoms with Crippen LogP contribution in [-0.2, 0) is 0 Å². The van der Waals surface area contributed by atoms with E-state index in [9.17, 15) is 4.79 Å². The molecule has 2 aromatic rings. The number of nitrogens with one attached hydrogen (secondary N) is 1. The number of benzene rings is 2. The molecule has 1 N–H and O–H groups in total. The van der Waals surface area contributed by atoms with Crippen LogP contribution >= 0.6 is 27.7 Å². The van der Waals surface area contributed by atoms with Gasteiger partial charge in [-0.15, -0.1) is 0 Å². The summed E-state index contributed by atoms with van der Waals surface area (Å²) in [6, 6.07) is 12.0. The molecule has 0 spiro atoms. The zero-order valence-corrected chi connectivity index (χ0v) is 14.2. The molecule has 0 bridgehead atoms. The second kappa shape index (κ2) is 6.84. The molecule has 1 saturated heterocycles. The fraction of sp³-hybridized carbons (Fsp3) is 0.353. The number of hydrogen-bond acceptors (Lipinski definition) is 2. The fourth-order valence-corrected chi connectivity index (χ4v) is 4.25. The summed E-state index contributed by atoms with van der Waals surface area (Å²) >= 11 is 5.45. The largest absolute Gasteiger partial charge is 0.351 e. The lowest BCUT2D eigenvalue weighted by Gasteiger charge is -2.21. The molecule has 0 saturated carbocycles. The molecule has 1 amide bonds. The van der Waals surface area contributed by atoms with Crippen LogP contribution in [0.4, 0.5) is 0 Å². The van der Waals surface area contributed by atoms with Crippen molar-refractivity contribution in [1.29, 1.82) is 0 Å². The van der Waals surface area contributed by atoms with Gasteiger partial charge in [0.25, 0.3) is 5.91 Å². The predicted octanol–water partition coefficient (Wildman–Crippen LogP) is 4.62. The number of hydrogen-bond donors (Lipinski definition) is 1. The van der Waals surface area contributed by atoms with Gasteiger partial charge in [0.2, 0.25) is 0 Å². The number of fused-ring (bicyclic) bond motifs is 1. The fourth-order valence-electron chi connectivity index (χ4n) is 2.63. The van der Waals surface area contributed by atoms with Crippen molar-refractivity contribution in [3.05, 3.63) is 46.4 Å². The van der Waals surface area contributed by atoms with Gasteiger partial charge in [-0.3, -0.25) is 4.79 Å². The van der Waals surface area contributed by atoms with E-state index < -0.39 is 0 Å². The molecular weight excluding hydrogens is 346 g/mol. The van der Waals surface area contributed by atoms with Crippen LogP contribution in [0, 0.1) is 0 Å². The normalized spacial score (nSPS) is 18.6. The van der Waals surface area contributed by atoms with E-state index in [0.717, 1.165) is 27.4 Å². The molecule has 1 unspecified atom stereocenters. The van der Waals surface area contributed by atoms with Crippen LogP contribution in [0.1, 0.15) is 29.6 Å². The number of carbonyl (C=O) groups excluding carboxylic acids is 1. The highest BCUT2D eigenvalue weighted by Gasteiger charge is 2.15. The highest BCUT2D eigenvalue weighted by molar-refractivity contribution is 9.10. The van der Waals surface area contributed by atoms with E-state index in [1.807, 2.05) is 42.1 Å². The Balaban J connectivity index is 1.67. The summed E-state index contributed by atoms with van der Waals surface area (Å²) in [5.74, 6) is 1.26. The summed E-state index contributed by atoms with van der Waals surface area (Å²) in [7, 11) is 0. The van der Waals surface area contributed by atoms with Crippen LogP contribution < -0.4 is 5.32 Å². The van der Waals surface area contributed by atoms with Gasteiger partial charge in [-0.2, -0.15) is 11.8 Å². The quantitative estimate of drug-likeness (QED) is 0.861. The van der Waals surface area contributed by atoms with Crippen molar-refractivity contribution in [2.24, 2.45) is 0 Å². The average molecular weight is 364 g/mol. The van der Waals surface area contributed by atoms with E-state index in [2.05, 4.69) is 27.3 Å². The van der Waals surface area contributed by atoms with E-state index in [0.29, 0.717) is 5.25 Å². The Bertz CT molecular complexity index is 652. The summed E-state index contributed by atoms with van der Waals surface area (Å²) in [6.07, 6.45) is 3.82. The van der Waals surface area contributed by atoms with Gasteiger partial charge in [0, 0.05) is 21.8 Å². The topological polar surface area (TPSA) is 29.1 Å². The van der Waals surface area contributed by atoms with Gasteiger partial charge in [0.05, 0.1) is 0 Å². The third kappa shape index (κ3) is 3.80. The molecular formula is C17H18BrNOS. The third-order valence-electron chi connectivity index (χ3n) is 3.83. The Hall–Kier alpha value is -1.00. The minimum Gasteiger partial charge on any atom is -0.351 e. The monoisotopic (exact) mass is 363 g/mol. The second-order valence-corrected chi connectivity index (χ2v) is 7.73. The molecule has 1 fully saturated rings. The Morgan fingerprint density at radius 2 is 2.00 bits per heavy atom. The van der Waals surface area contributed by atoms with Crippen LogP contribution in [0.3, 0.4) is 0 Å². The third-order valence-corrected chi connectivity index (χ3v) is 5.72. The zero-order chi connectivity index (χ0) is 14.7. The lowest BCUT2D eigenvalue weighted by Crippen LogP contribution is -2.31. The molecule has 0 radical (unpaired) electrons. The van der Waals surface area contributed by atoms with E-state index in [1.165, 1.54) is 25.0 Å². The molecule has 4 heteroatoms. The first-order valence-electron chi connectivity index (χ1n) is 7.31. The maximum absolute atomic E-state index is 12.3. The maximum Gasteiger partial charge on any atom is 0.251 e. The van der Waals surface area contributed by atoms with Gasteiger partial charge >= 0.3 is 0 Å². The van der Waals surface area contributed by atoms with Crippen LogP contribution in [0.5, 0.6) is 0 Å². The molecule has 1 aliphatic heterocycles. The zero-order valence-electron chi connectivity index (χ0n) is 11.8. The standard InChI is InChI=1S/C17H18BrNOS/c18-15-7-6-12-9-14(5-4-13(12)10-15)17(20)19-11-16-3-1-2-8-21-16/h4-7,9-10,16H,1-3,8,11H2,(H,19,20). The van der Waals surface area contributed by atoms with E-state index in [4.69, 9.17) is 0 Å².